The Morgan fingerprint density at radius 3 is 2.81 bits per heavy atom. The first kappa shape index (κ1) is 18.9. The molecule has 10 heteroatoms. The molecule has 0 aliphatic heterocycles. The number of aldehydes is 1. The zero-order valence-corrected chi connectivity index (χ0v) is 15.5. The lowest BCUT2D eigenvalue weighted by Crippen LogP contribution is -1.97. The van der Waals surface area contributed by atoms with Gasteiger partial charge in [-0.05, 0) is 48.5 Å². The first-order valence-electron chi connectivity index (χ1n) is 7.59. The predicted octanol–water partition coefficient (Wildman–Crippen LogP) is 4.48. The summed E-state index contributed by atoms with van der Waals surface area (Å²) in [4.78, 5) is 21.7. The lowest BCUT2D eigenvalue weighted by Gasteiger charge is -2.06. The van der Waals surface area contributed by atoms with Gasteiger partial charge in [0.2, 0.25) is 0 Å². The number of hydrogen-bond acceptors (Lipinski definition) is 8. The number of nitro benzene ring substituents is 1. The first-order chi connectivity index (χ1) is 13.0. The highest BCUT2D eigenvalue weighted by Crippen LogP contribution is 2.34. The molecule has 0 saturated heterocycles. The minimum atomic E-state index is -0.570. The van der Waals surface area contributed by atoms with Crippen molar-refractivity contribution in [3.63, 3.8) is 0 Å². The number of hydrogen-bond donors (Lipinski definition) is 0. The van der Waals surface area contributed by atoms with Crippen LogP contribution in [0.1, 0.15) is 21.8 Å². The molecule has 0 amide bonds. The Bertz CT molecular complexity index is 1010. The fraction of sp³-hybridized carbons (Fsp3) is 0.118. The lowest BCUT2D eigenvalue weighted by molar-refractivity contribution is -0.387. The quantitative estimate of drug-likeness (QED) is 0.321. The van der Waals surface area contributed by atoms with Gasteiger partial charge in [-0.2, -0.15) is 0 Å². The van der Waals surface area contributed by atoms with Crippen molar-refractivity contribution in [2.75, 3.05) is 0 Å². The SMILES string of the molecule is Cc1cc(Cl)ccc1OCc1nnc(Sc2ccc(C=O)cc2[N+](=O)[O-])o1. The van der Waals surface area contributed by atoms with E-state index < -0.39 is 4.92 Å². The second-order valence-electron chi connectivity index (χ2n) is 5.36. The van der Waals surface area contributed by atoms with Gasteiger partial charge >= 0.3 is 0 Å². The number of carbonyl (C=O) groups is 1. The topological polar surface area (TPSA) is 108 Å². The average Bonchev–Trinajstić information content (AvgIpc) is 3.08. The summed E-state index contributed by atoms with van der Waals surface area (Å²) in [7, 11) is 0. The number of carbonyl (C=O) groups excluding carboxylic acids is 1. The normalized spacial score (nSPS) is 10.6. The summed E-state index contributed by atoms with van der Waals surface area (Å²) in [6.07, 6.45) is 0.544. The van der Waals surface area contributed by atoms with Crippen LogP contribution in [0.25, 0.3) is 0 Å². The molecule has 0 atom stereocenters. The highest BCUT2D eigenvalue weighted by atomic mass is 35.5. The van der Waals surface area contributed by atoms with Crippen LogP contribution in [0.2, 0.25) is 5.02 Å². The Hall–Kier alpha value is -2.91. The molecule has 3 aromatic rings. The van der Waals surface area contributed by atoms with Crippen molar-refractivity contribution in [2.24, 2.45) is 0 Å². The molecular formula is C17H12ClN3O5S. The van der Waals surface area contributed by atoms with Crippen molar-refractivity contribution in [2.45, 2.75) is 23.6 Å². The van der Waals surface area contributed by atoms with Crippen molar-refractivity contribution >= 4 is 35.3 Å². The van der Waals surface area contributed by atoms with Crippen molar-refractivity contribution in [1.29, 1.82) is 0 Å². The molecule has 0 unspecified atom stereocenters. The van der Waals surface area contributed by atoms with Gasteiger partial charge in [0, 0.05) is 16.7 Å². The summed E-state index contributed by atoms with van der Waals surface area (Å²) in [6.45, 7) is 1.90. The molecule has 0 saturated carbocycles. The molecule has 0 spiro atoms. The van der Waals surface area contributed by atoms with Crippen LogP contribution >= 0.6 is 23.4 Å². The molecule has 0 radical (unpaired) electrons. The summed E-state index contributed by atoms with van der Waals surface area (Å²) < 4.78 is 11.1. The van der Waals surface area contributed by atoms with Gasteiger partial charge in [-0.1, -0.05) is 17.7 Å². The van der Waals surface area contributed by atoms with Gasteiger partial charge in [-0.3, -0.25) is 14.9 Å². The maximum atomic E-state index is 11.2. The monoisotopic (exact) mass is 405 g/mol. The second-order valence-corrected chi connectivity index (χ2v) is 6.79. The third-order valence-electron chi connectivity index (χ3n) is 3.45. The molecule has 0 bridgehead atoms. The highest BCUT2D eigenvalue weighted by Gasteiger charge is 2.19. The van der Waals surface area contributed by atoms with Gasteiger partial charge in [0.15, 0.2) is 6.61 Å². The summed E-state index contributed by atoms with van der Waals surface area (Å²) in [5, 5.41) is 19.6. The molecule has 1 aromatic heterocycles. The number of benzene rings is 2. The smallest absolute Gasteiger partial charge is 0.284 e. The van der Waals surface area contributed by atoms with Gasteiger partial charge < -0.3 is 9.15 Å². The zero-order chi connectivity index (χ0) is 19.4. The Morgan fingerprint density at radius 2 is 2.11 bits per heavy atom. The lowest BCUT2D eigenvalue weighted by atomic mass is 10.2. The Morgan fingerprint density at radius 1 is 1.30 bits per heavy atom. The van der Waals surface area contributed by atoms with Gasteiger partial charge in [0.1, 0.15) is 12.0 Å². The third kappa shape index (κ3) is 4.63. The van der Waals surface area contributed by atoms with Crippen LogP contribution in [-0.2, 0) is 6.61 Å². The van der Waals surface area contributed by atoms with Crippen molar-refractivity contribution < 1.29 is 18.9 Å². The number of aromatic nitrogens is 2. The van der Waals surface area contributed by atoms with E-state index in [-0.39, 0.29) is 33.9 Å². The predicted molar refractivity (Wildman–Crippen MR) is 97.4 cm³/mol. The van der Waals surface area contributed by atoms with Crippen LogP contribution in [0.3, 0.4) is 0 Å². The van der Waals surface area contributed by atoms with Crippen molar-refractivity contribution in [1.82, 2.24) is 10.2 Å². The van der Waals surface area contributed by atoms with E-state index in [1.54, 1.807) is 18.2 Å². The number of halogens is 1. The molecule has 0 fully saturated rings. The van der Waals surface area contributed by atoms with Crippen LogP contribution in [0.15, 0.2) is 50.9 Å². The fourth-order valence-electron chi connectivity index (χ4n) is 2.18. The molecule has 3 rings (SSSR count). The number of rotatable bonds is 7. The summed E-state index contributed by atoms with van der Waals surface area (Å²) >= 11 is 6.84. The van der Waals surface area contributed by atoms with Crippen LogP contribution in [-0.4, -0.2) is 21.4 Å². The van der Waals surface area contributed by atoms with E-state index in [2.05, 4.69) is 10.2 Å². The largest absolute Gasteiger partial charge is 0.484 e. The van der Waals surface area contributed by atoms with E-state index >= 15 is 0 Å². The number of aryl methyl sites for hydroxylation is 1. The number of nitro groups is 1. The molecule has 0 aliphatic carbocycles. The van der Waals surface area contributed by atoms with Crippen LogP contribution in [0.4, 0.5) is 5.69 Å². The zero-order valence-electron chi connectivity index (χ0n) is 13.9. The van der Waals surface area contributed by atoms with Crippen molar-refractivity contribution in [3.8, 4) is 5.75 Å². The molecule has 8 nitrogen and oxygen atoms in total. The van der Waals surface area contributed by atoms with E-state index in [9.17, 15) is 14.9 Å². The van der Waals surface area contributed by atoms with Gasteiger partial charge in [-0.25, -0.2) is 0 Å². The first-order valence-corrected chi connectivity index (χ1v) is 8.78. The molecule has 138 valence electrons. The highest BCUT2D eigenvalue weighted by molar-refractivity contribution is 7.99. The van der Waals surface area contributed by atoms with E-state index in [1.807, 2.05) is 6.92 Å². The van der Waals surface area contributed by atoms with Gasteiger partial charge in [0.25, 0.3) is 16.8 Å². The molecule has 0 N–H and O–H groups in total. The molecule has 0 aliphatic rings. The maximum Gasteiger partial charge on any atom is 0.284 e. The number of nitrogens with zero attached hydrogens (tertiary/aromatic N) is 3. The molecule has 1 heterocycles. The van der Waals surface area contributed by atoms with E-state index in [0.29, 0.717) is 17.1 Å². The Labute approximate surface area is 162 Å². The van der Waals surface area contributed by atoms with Crippen LogP contribution < -0.4 is 4.74 Å². The molecular weight excluding hydrogens is 394 g/mol. The second kappa shape index (κ2) is 8.19. The van der Waals surface area contributed by atoms with Crippen molar-refractivity contribution in [3.05, 3.63) is 68.6 Å². The number of ether oxygens (including phenoxy) is 1. The molecule has 27 heavy (non-hydrogen) atoms. The van der Waals surface area contributed by atoms with E-state index in [1.165, 1.54) is 18.2 Å². The minimum Gasteiger partial charge on any atom is -0.484 e. The van der Waals surface area contributed by atoms with E-state index in [4.69, 9.17) is 20.8 Å². The third-order valence-corrected chi connectivity index (χ3v) is 4.59. The van der Waals surface area contributed by atoms with Crippen LogP contribution in [0.5, 0.6) is 5.75 Å². The van der Waals surface area contributed by atoms with E-state index in [0.717, 1.165) is 17.3 Å². The summed E-state index contributed by atoms with van der Waals surface area (Å²) in [5.41, 5.74) is 0.865. The maximum absolute atomic E-state index is 11.2. The standard InChI is InChI=1S/C17H12ClN3O5S/c1-10-6-12(18)3-4-14(10)25-9-16-19-20-17(26-16)27-15-5-2-11(8-22)7-13(15)21(23)24/h2-8H,9H2,1H3. The summed E-state index contributed by atoms with van der Waals surface area (Å²) in [6, 6.07) is 9.35. The van der Waals surface area contributed by atoms with Gasteiger partial charge in [0.05, 0.1) is 9.82 Å². The summed E-state index contributed by atoms with van der Waals surface area (Å²) in [5.74, 6) is 0.853. The Kier molecular flexibility index (Phi) is 5.72. The minimum absolute atomic E-state index is 0.0439. The van der Waals surface area contributed by atoms with Crippen LogP contribution in [0, 0.1) is 17.0 Å². The Balaban J connectivity index is 1.71. The average molecular weight is 406 g/mol. The van der Waals surface area contributed by atoms with Gasteiger partial charge in [-0.15, -0.1) is 10.2 Å². The molecule has 2 aromatic carbocycles. The fourth-order valence-corrected chi connectivity index (χ4v) is 3.19.